The number of allylic oxidation sites excluding steroid dienone is 3. The van der Waals surface area contributed by atoms with Crippen LogP contribution in [0.25, 0.3) is 6.08 Å². The van der Waals surface area contributed by atoms with Gasteiger partial charge in [0.1, 0.15) is 11.6 Å². The molecule has 4 rings (SSSR count). The number of hydrogen-bond donors (Lipinski definition) is 1. The zero-order valence-electron chi connectivity index (χ0n) is 20.1. The van der Waals surface area contributed by atoms with E-state index in [1.54, 1.807) is 12.1 Å². The van der Waals surface area contributed by atoms with Gasteiger partial charge in [-0.25, -0.2) is 0 Å². The van der Waals surface area contributed by atoms with Crippen molar-refractivity contribution in [3.63, 3.8) is 0 Å². The van der Waals surface area contributed by atoms with Crippen LogP contribution in [0.2, 0.25) is 0 Å². The number of anilines is 1. The molecule has 0 spiro atoms. The number of nitrogens with zero attached hydrogens (tertiary/aromatic N) is 3. The van der Waals surface area contributed by atoms with E-state index in [-0.39, 0.29) is 16.9 Å². The summed E-state index contributed by atoms with van der Waals surface area (Å²) in [4.78, 5) is 25.6. The number of halogens is 3. The second kappa shape index (κ2) is 11.3. The molecule has 0 saturated carbocycles. The fraction of sp³-hybridized carbons (Fsp3) is 0.259. The van der Waals surface area contributed by atoms with Gasteiger partial charge in [-0.2, -0.15) is 18.4 Å². The van der Waals surface area contributed by atoms with Gasteiger partial charge in [-0.15, -0.1) is 0 Å². The van der Waals surface area contributed by atoms with Gasteiger partial charge in [0.05, 0.1) is 23.7 Å². The molecule has 1 fully saturated rings. The number of nitro groups is 1. The quantitative estimate of drug-likeness (QED) is 0.233. The normalized spacial score (nSPS) is 17.5. The van der Waals surface area contributed by atoms with Crippen LogP contribution in [0.4, 0.5) is 24.5 Å². The number of carbonyl (C=O) groups excluding carboxylic acids is 1. The maximum atomic E-state index is 13.0. The maximum Gasteiger partial charge on any atom is 0.416 e. The Morgan fingerprint density at radius 1 is 1.13 bits per heavy atom. The van der Waals surface area contributed by atoms with Gasteiger partial charge in [0.15, 0.2) is 0 Å². The Bertz CT molecular complexity index is 1380. The minimum Gasteiger partial charge on any atom is -0.378 e. The second-order valence-corrected chi connectivity index (χ2v) is 8.70. The molecule has 2 aliphatic rings. The number of morpholine rings is 1. The molecular formula is C27H23F3N4O4. The number of amides is 1. The number of alkyl halides is 3. The van der Waals surface area contributed by atoms with E-state index in [2.05, 4.69) is 10.2 Å². The number of carbonyl (C=O) groups is 1. The van der Waals surface area contributed by atoms with Gasteiger partial charge in [0.25, 0.3) is 11.6 Å². The largest absolute Gasteiger partial charge is 0.416 e. The van der Waals surface area contributed by atoms with Crippen molar-refractivity contribution in [1.82, 2.24) is 4.90 Å². The van der Waals surface area contributed by atoms with E-state index in [0.29, 0.717) is 44.7 Å². The highest BCUT2D eigenvalue weighted by atomic mass is 19.4. The lowest BCUT2D eigenvalue weighted by atomic mass is 10.1. The summed E-state index contributed by atoms with van der Waals surface area (Å²) in [5.74, 6) is -0.822. The minimum atomic E-state index is -4.57. The van der Waals surface area contributed by atoms with Crippen LogP contribution in [-0.4, -0.2) is 42.0 Å². The molecule has 1 aliphatic heterocycles. The topological polar surface area (TPSA) is 108 Å². The van der Waals surface area contributed by atoms with Crippen molar-refractivity contribution in [1.29, 1.82) is 5.26 Å². The highest BCUT2D eigenvalue weighted by Crippen LogP contribution is 2.37. The third kappa shape index (κ3) is 6.27. The Hall–Kier alpha value is -4.43. The van der Waals surface area contributed by atoms with Gasteiger partial charge >= 0.3 is 6.18 Å². The molecule has 38 heavy (non-hydrogen) atoms. The van der Waals surface area contributed by atoms with Crippen LogP contribution in [0.5, 0.6) is 0 Å². The Labute approximate surface area is 216 Å². The van der Waals surface area contributed by atoms with E-state index < -0.39 is 22.6 Å². The highest BCUT2D eigenvalue weighted by Gasteiger charge is 2.31. The van der Waals surface area contributed by atoms with Crippen LogP contribution >= 0.6 is 0 Å². The lowest BCUT2D eigenvalue weighted by Crippen LogP contribution is -2.36. The van der Waals surface area contributed by atoms with Crippen molar-refractivity contribution < 1.29 is 27.6 Å². The molecule has 1 amide bonds. The second-order valence-electron chi connectivity index (χ2n) is 8.70. The molecule has 1 saturated heterocycles. The molecule has 1 aliphatic carbocycles. The molecule has 1 N–H and O–H groups in total. The molecule has 2 aromatic carbocycles. The van der Waals surface area contributed by atoms with Gasteiger partial charge in [0, 0.05) is 36.6 Å². The standard InChI is InChI=1S/C27H23F3N4O4/c28-27(29,30)22-4-2-5-23(16-22)32-26(35)21(17-31)15-20-8-7-19(25(20)33-9-11-38-12-10-33)13-18-3-1-6-24(14-18)34(36)37/h1-6,13-16H,7-12H2,(H,32,35)/b19-13-,21-15+. The molecule has 0 radical (unpaired) electrons. The molecule has 0 aromatic heterocycles. The number of nitrogens with one attached hydrogen (secondary N) is 1. The van der Waals surface area contributed by atoms with E-state index in [4.69, 9.17) is 4.74 Å². The number of hydrogen-bond acceptors (Lipinski definition) is 6. The number of rotatable bonds is 6. The smallest absolute Gasteiger partial charge is 0.378 e. The van der Waals surface area contributed by atoms with Crippen LogP contribution in [0.1, 0.15) is 24.0 Å². The summed E-state index contributed by atoms with van der Waals surface area (Å²) in [6.07, 6.45) is -0.168. The Kier molecular flexibility index (Phi) is 7.93. The molecular weight excluding hydrogens is 501 g/mol. The molecule has 0 atom stereocenters. The number of benzene rings is 2. The summed E-state index contributed by atoms with van der Waals surface area (Å²) < 4.78 is 44.6. The average molecular weight is 524 g/mol. The van der Waals surface area contributed by atoms with E-state index >= 15 is 0 Å². The Balaban J connectivity index is 1.68. The highest BCUT2D eigenvalue weighted by molar-refractivity contribution is 6.07. The van der Waals surface area contributed by atoms with E-state index in [0.717, 1.165) is 29.0 Å². The predicted molar refractivity (Wildman–Crippen MR) is 133 cm³/mol. The lowest BCUT2D eigenvalue weighted by molar-refractivity contribution is -0.384. The van der Waals surface area contributed by atoms with Crippen molar-refractivity contribution in [3.8, 4) is 6.07 Å². The summed E-state index contributed by atoms with van der Waals surface area (Å²) in [5, 5.41) is 23.3. The first-order valence-corrected chi connectivity index (χ1v) is 11.8. The molecule has 8 nitrogen and oxygen atoms in total. The molecule has 1 heterocycles. The van der Waals surface area contributed by atoms with Gasteiger partial charge in [-0.05, 0) is 59.9 Å². The van der Waals surface area contributed by atoms with Crippen molar-refractivity contribution in [2.75, 3.05) is 31.6 Å². The third-order valence-electron chi connectivity index (χ3n) is 6.15. The Morgan fingerprint density at radius 2 is 1.87 bits per heavy atom. The maximum absolute atomic E-state index is 13.0. The van der Waals surface area contributed by atoms with Gasteiger partial charge in [-0.1, -0.05) is 18.2 Å². The van der Waals surface area contributed by atoms with E-state index in [1.807, 2.05) is 12.1 Å². The monoisotopic (exact) mass is 524 g/mol. The van der Waals surface area contributed by atoms with E-state index in [9.17, 15) is 33.3 Å². The van der Waals surface area contributed by atoms with Gasteiger partial charge < -0.3 is 15.0 Å². The first-order valence-electron chi connectivity index (χ1n) is 11.8. The summed E-state index contributed by atoms with van der Waals surface area (Å²) >= 11 is 0. The fourth-order valence-electron chi connectivity index (χ4n) is 4.41. The average Bonchev–Trinajstić information content (AvgIpc) is 3.29. The first kappa shape index (κ1) is 26.6. The minimum absolute atomic E-state index is 0.0348. The summed E-state index contributed by atoms with van der Waals surface area (Å²) in [6.45, 7) is 2.14. The van der Waals surface area contributed by atoms with Crippen molar-refractivity contribution in [3.05, 3.63) is 98.3 Å². The van der Waals surface area contributed by atoms with Crippen molar-refractivity contribution in [2.45, 2.75) is 19.0 Å². The Morgan fingerprint density at radius 3 is 2.55 bits per heavy atom. The van der Waals surface area contributed by atoms with Crippen LogP contribution in [0.3, 0.4) is 0 Å². The fourth-order valence-corrected chi connectivity index (χ4v) is 4.41. The summed E-state index contributed by atoms with van der Waals surface area (Å²) in [7, 11) is 0. The number of ether oxygens (including phenoxy) is 1. The van der Waals surface area contributed by atoms with E-state index in [1.165, 1.54) is 30.3 Å². The van der Waals surface area contributed by atoms with Gasteiger partial charge in [-0.3, -0.25) is 14.9 Å². The van der Waals surface area contributed by atoms with Gasteiger partial charge in [0.2, 0.25) is 0 Å². The SMILES string of the molecule is N#C/C(=C\C1=C(N2CCOCC2)C(=C\c2cccc([N+](=O)[O-])c2)/CC1)C(=O)Nc1cccc(C(F)(F)F)c1. The number of non-ortho nitro benzene ring substituents is 1. The molecule has 2 aromatic rings. The third-order valence-corrected chi connectivity index (χ3v) is 6.15. The van der Waals surface area contributed by atoms with Crippen molar-refractivity contribution in [2.24, 2.45) is 0 Å². The van der Waals surface area contributed by atoms with Crippen LogP contribution in [0.15, 0.2) is 77.0 Å². The summed E-state index contributed by atoms with van der Waals surface area (Å²) in [6, 6.07) is 12.3. The van der Waals surface area contributed by atoms with Crippen LogP contribution < -0.4 is 5.32 Å². The molecule has 0 bridgehead atoms. The van der Waals surface area contributed by atoms with Crippen molar-refractivity contribution >= 4 is 23.4 Å². The zero-order valence-corrected chi connectivity index (χ0v) is 20.1. The zero-order chi connectivity index (χ0) is 27.3. The predicted octanol–water partition coefficient (Wildman–Crippen LogP) is 5.47. The first-order chi connectivity index (χ1) is 18.2. The molecule has 0 unspecified atom stereocenters. The molecule has 11 heteroatoms. The van der Waals surface area contributed by atoms with Crippen LogP contribution in [0, 0.1) is 21.4 Å². The summed E-state index contributed by atoms with van der Waals surface area (Å²) in [5.41, 5.74) is 1.81. The number of nitro benzene ring substituents is 1. The van der Waals surface area contributed by atoms with Crippen LogP contribution in [-0.2, 0) is 15.7 Å². The number of nitriles is 1. The lowest BCUT2D eigenvalue weighted by Gasteiger charge is -2.31. The molecule has 196 valence electrons.